The Balaban J connectivity index is 2.21. The van der Waals surface area contributed by atoms with Crippen LogP contribution in [-0.4, -0.2) is 49.1 Å². The van der Waals surface area contributed by atoms with Crippen LogP contribution in [0.5, 0.6) is 0 Å². The van der Waals surface area contributed by atoms with Gasteiger partial charge in [0.05, 0.1) is 0 Å². The number of unbranched alkanes of at least 4 members (excludes halogenated alkanes) is 5. The molecule has 7 nitrogen and oxygen atoms in total. The third-order valence-corrected chi connectivity index (χ3v) is 5.47. The second-order valence-corrected chi connectivity index (χ2v) is 8.39. The number of nitrogens with two attached hydrogens (primary N) is 1. The average Bonchev–Trinajstić information content (AvgIpc) is 2.75. The Morgan fingerprint density at radius 3 is 2.42 bits per heavy atom. The van der Waals surface area contributed by atoms with Gasteiger partial charge in [0.25, 0.3) is 0 Å². The first-order valence-corrected chi connectivity index (χ1v) is 12.1. The molecule has 0 aromatic heterocycles. The lowest BCUT2D eigenvalue weighted by Crippen LogP contribution is -2.47. The molecule has 2 amide bonds. The van der Waals surface area contributed by atoms with Crippen molar-refractivity contribution in [3.8, 4) is 0 Å². The number of carbonyl (C=O) groups excluding carboxylic acids is 2. The summed E-state index contributed by atoms with van der Waals surface area (Å²) in [5.41, 5.74) is 5.48. The minimum atomic E-state index is -0.535. The largest absolute Gasteiger partial charge is 0.508 e. The van der Waals surface area contributed by atoms with Gasteiger partial charge in [0.2, 0.25) is 11.8 Å². The average molecular weight is 437 g/mol. The molecule has 0 spiro atoms. The maximum Gasteiger partial charge on any atom is 0.242 e. The molecule has 178 valence electrons. The smallest absolute Gasteiger partial charge is 0.242 e. The van der Waals surface area contributed by atoms with Crippen LogP contribution in [0.2, 0.25) is 0 Å². The zero-order chi connectivity index (χ0) is 22.7. The topological polar surface area (TPSA) is 116 Å². The van der Waals surface area contributed by atoms with E-state index < -0.39 is 6.04 Å². The summed E-state index contributed by atoms with van der Waals surface area (Å²) >= 11 is 0. The van der Waals surface area contributed by atoms with Crippen molar-refractivity contribution in [1.82, 2.24) is 16.0 Å². The number of allylic oxidation sites excluding steroid dienone is 3. The lowest BCUT2D eigenvalue weighted by atomic mass is 9.92. The maximum absolute atomic E-state index is 12.7. The van der Waals surface area contributed by atoms with Crippen molar-refractivity contribution in [2.24, 2.45) is 11.7 Å². The minimum Gasteiger partial charge on any atom is -0.508 e. The lowest BCUT2D eigenvalue weighted by Gasteiger charge is -2.23. The fourth-order valence-corrected chi connectivity index (χ4v) is 3.62. The molecular weight excluding hydrogens is 392 g/mol. The van der Waals surface area contributed by atoms with Gasteiger partial charge in [-0.2, -0.15) is 0 Å². The normalized spacial score (nSPS) is 16.6. The molecule has 0 heterocycles. The Kier molecular flexibility index (Phi) is 15.6. The van der Waals surface area contributed by atoms with E-state index in [0.29, 0.717) is 25.8 Å². The number of hydrogen-bond acceptors (Lipinski definition) is 5. The van der Waals surface area contributed by atoms with Crippen LogP contribution in [0.25, 0.3) is 0 Å². The van der Waals surface area contributed by atoms with Crippen LogP contribution in [0.1, 0.15) is 77.6 Å². The van der Waals surface area contributed by atoms with Gasteiger partial charge < -0.3 is 26.8 Å². The Bertz CT molecular complexity index is 563. The van der Waals surface area contributed by atoms with Crippen molar-refractivity contribution in [2.75, 3.05) is 26.2 Å². The van der Waals surface area contributed by atoms with Gasteiger partial charge in [-0.3, -0.25) is 9.59 Å². The van der Waals surface area contributed by atoms with Crippen LogP contribution in [0.3, 0.4) is 0 Å². The van der Waals surface area contributed by atoms with Gasteiger partial charge in [0.1, 0.15) is 11.8 Å². The van der Waals surface area contributed by atoms with Crippen molar-refractivity contribution in [1.29, 1.82) is 0 Å². The summed E-state index contributed by atoms with van der Waals surface area (Å²) in [7, 11) is 0. The van der Waals surface area contributed by atoms with Crippen LogP contribution in [-0.2, 0) is 9.59 Å². The number of carbonyl (C=O) groups is 2. The van der Waals surface area contributed by atoms with E-state index in [-0.39, 0.29) is 23.5 Å². The number of hydrogen-bond donors (Lipinski definition) is 5. The highest BCUT2D eigenvalue weighted by Crippen LogP contribution is 2.20. The highest BCUT2D eigenvalue weighted by molar-refractivity contribution is 5.87. The Morgan fingerprint density at radius 2 is 1.77 bits per heavy atom. The van der Waals surface area contributed by atoms with Crippen LogP contribution in [0.15, 0.2) is 24.0 Å². The number of rotatable bonds is 18. The van der Waals surface area contributed by atoms with Crippen molar-refractivity contribution < 1.29 is 14.7 Å². The molecular formula is C24H44N4O3. The van der Waals surface area contributed by atoms with E-state index in [1.807, 2.05) is 13.0 Å². The quantitative estimate of drug-likeness (QED) is 0.212. The Labute approximate surface area is 188 Å². The van der Waals surface area contributed by atoms with E-state index in [1.54, 1.807) is 12.2 Å². The van der Waals surface area contributed by atoms with Crippen molar-refractivity contribution >= 4 is 11.8 Å². The third kappa shape index (κ3) is 13.9. The van der Waals surface area contributed by atoms with Crippen LogP contribution in [0.4, 0.5) is 0 Å². The zero-order valence-corrected chi connectivity index (χ0v) is 19.3. The molecule has 6 N–H and O–H groups in total. The van der Waals surface area contributed by atoms with Gasteiger partial charge in [-0.1, -0.05) is 32.3 Å². The zero-order valence-electron chi connectivity index (χ0n) is 19.3. The molecule has 0 bridgehead atoms. The van der Waals surface area contributed by atoms with Crippen LogP contribution >= 0.6 is 0 Å². The second kappa shape index (κ2) is 17.8. The van der Waals surface area contributed by atoms with Crippen LogP contribution in [0, 0.1) is 5.92 Å². The van der Waals surface area contributed by atoms with E-state index >= 15 is 0 Å². The molecule has 0 saturated carbocycles. The molecule has 1 aliphatic rings. The SMILES string of the molecule is CCCC(=O)N[C@@H](CC1C=CC(O)=CC1)C(=O)NCCCCCCCNCCCCN. The van der Waals surface area contributed by atoms with Crippen LogP contribution < -0.4 is 21.7 Å². The number of amides is 2. The first-order valence-electron chi connectivity index (χ1n) is 12.1. The Hall–Kier alpha value is -1.86. The summed E-state index contributed by atoms with van der Waals surface area (Å²) in [6, 6.07) is -0.535. The minimum absolute atomic E-state index is 0.0857. The molecule has 0 fully saturated rings. The van der Waals surface area contributed by atoms with Crippen molar-refractivity contribution in [2.45, 2.75) is 83.6 Å². The summed E-state index contributed by atoms with van der Waals surface area (Å²) in [6.45, 7) is 5.46. The molecule has 7 heteroatoms. The maximum atomic E-state index is 12.7. The molecule has 0 aliphatic heterocycles. The van der Waals surface area contributed by atoms with Gasteiger partial charge in [0.15, 0.2) is 0 Å². The summed E-state index contributed by atoms with van der Waals surface area (Å²) in [6.07, 6.45) is 15.5. The summed E-state index contributed by atoms with van der Waals surface area (Å²) in [5.74, 6) is 0.197. The van der Waals surface area contributed by atoms with Gasteiger partial charge >= 0.3 is 0 Å². The van der Waals surface area contributed by atoms with E-state index in [4.69, 9.17) is 5.73 Å². The monoisotopic (exact) mass is 436 g/mol. The predicted octanol–water partition coefficient (Wildman–Crippen LogP) is 3.07. The molecule has 0 saturated heterocycles. The number of aliphatic hydroxyl groups is 1. The number of aliphatic hydroxyl groups excluding tert-OH is 1. The lowest BCUT2D eigenvalue weighted by molar-refractivity contribution is -0.129. The first kappa shape index (κ1) is 27.2. The molecule has 1 aliphatic carbocycles. The third-order valence-electron chi connectivity index (χ3n) is 5.47. The van der Waals surface area contributed by atoms with Gasteiger partial charge in [-0.05, 0) is 82.6 Å². The molecule has 2 atom stereocenters. The highest BCUT2D eigenvalue weighted by Gasteiger charge is 2.24. The highest BCUT2D eigenvalue weighted by atomic mass is 16.3. The van der Waals surface area contributed by atoms with Crippen molar-refractivity contribution in [3.63, 3.8) is 0 Å². The first-order chi connectivity index (χ1) is 15.1. The Morgan fingerprint density at radius 1 is 1.10 bits per heavy atom. The summed E-state index contributed by atoms with van der Waals surface area (Å²) < 4.78 is 0. The van der Waals surface area contributed by atoms with Gasteiger partial charge in [0, 0.05) is 13.0 Å². The number of nitrogens with one attached hydrogen (secondary N) is 3. The molecule has 0 aromatic carbocycles. The molecule has 1 rings (SSSR count). The van der Waals surface area contributed by atoms with Crippen molar-refractivity contribution in [3.05, 3.63) is 24.0 Å². The van der Waals surface area contributed by atoms with E-state index in [9.17, 15) is 14.7 Å². The molecule has 1 unspecified atom stereocenters. The second-order valence-electron chi connectivity index (χ2n) is 8.39. The van der Waals surface area contributed by atoms with Gasteiger partial charge in [-0.25, -0.2) is 0 Å². The standard InChI is InChI=1S/C24H44N4O3/c1-2-10-23(30)28-22(19-20-11-13-21(29)14-12-20)24(31)27-18-8-5-3-4-7-16-26-17-9-6-15-25/h11,13-14,20,22,26,29H,2-10,12,15-19,25H2,1H3,(H,27,31)(H,28,30)/t20?,22-/m0/s1. The predicted molar refractivity (Wildman–Crippen MR) is 127 cm³/mol. The molecule has 0 radical (unpaired) electrons. The fraction of sp³-hybridized carbons (Fsp3) is 0.750. The summed E-state index contributed by atoms with van der Waals surface area (Å²) in [4.78, 5) is 24.7. The van der Waals surface area contributed by atoms with E-state index in [0.717, 1.165) is 51.7 Å². The summed E-state index contributed by atoms with van der Waals surface area (Å²) in [5, 5.41) is 18.8. The van der Waals surface area contributed by atoms with E-state index in [2.05, 4.69) is 16.0 Å². The fourth-order valence-electron chi connectivity index (χ4n) is 3.62. The molecule has 0 aromatic rings. The van der Waals surface area contributed by atoms with E-state index in [1.165, 1.54) is 19.3 Å². The van der Waals surface area contributed by atoms with Gasteiger partial charge in [-0.15, -0.1) is 0 Å². The molecule has 31 heavy (non-hydrogen) atoms.